The molecule has 156 valence electrons. The lowest BCUT2D eigenvalue weighted by molar-refractivity contribution is 0.0473. The molecule has 0 amide bonds. The second-order valence-corrected chi connectivity index (χ2v) is 8.63. The molecule has 0 saturated heterocycles. The van der Waals surface area contributed by atoms with Gasteiger partial charge in [0, 0.05) is 23.8 Å². The topological polar surface area (TPSA) is 113 Å². The number of nitrogen functional groups attached to an aromatic ring is 1. The van der Waals surface area contributed by atoms with Gasteiger partial charge in [-0.05, 0) is 37.2 Å². The Morgan fingerprint density at radius 3 is 2.62 bits per heavy atom. The van der Waals surface area contributed by atoms with Crippen LogP contribution in [0.2, 0.25) is 0 Å². The van der Waals surface area contributed by atoms with Gasteiger partial charge in [0.2, 0.25) is 5.78 Å². The number of aromatic nitrogens is 2. The Kier molecular flexibility index (Phi) is 6.07. The first-order chi connectivity index (χ1) is 13.7. The zero-order valence-corrected chi connectivity index (χ0v) is 17.6. The highest BCUT2D eigenvalue weighted by atomic mass is 32.1. The molecule has 3 rings (SSSR count). The fourth-order valence-electron chi connectivity index (χ4n) is 3.53. The molecule has 2 heterocycles. The van der Waals surface area contributed by atoms with Gasteiger partial charge in [0.1, 0.15) is 11.4 Å². The smallest absolute Gasteiger partial charge is 0.339 e. The number of nitrogens with two attached hydrogens (primary N) is 1. The highest BCUT2D eigenvalue weighted by molar-refractivity contribution is 7.10. The van der Waals surface area contributed by atoms with Crippen LogP contribution in [0, 0.1) is 5.92 Å². The van der Waals surface area contributed by atoms with Gasteiger partial charge < -0.3 is 10.5 Å². The van der Waals surface area contributed by atoms with E-state index in [1.807, 2.05) is 13.8 Å². The van der Waals surface area contributed by atoms with E-state index in [1.54, 1.807) is 5.38 Å². The number of Topliss-reactive ketones (excluding diaryl/α,β-unsaturated/α-hetero) is 1. The van der Waals surface area contributed by atoms with Crippen LogP contribution in [-0.4, -0.2) is 27.5 Å². The summed E-state index contributed by atoms with van der Waals surface area (Å²) in [6.45, 7) is 3.44. The van der Waals surface area contributed by atoms with Crippen molar-refractivity contribution in [2.75, 3.05) is 12.3 Å². The number of aryl methyl sites for hydroxylation is 1. The largest absolute Gasteiger partial charge is 0.454 e. The predicted molar refractivity (Wildman–Crippen MR) is 111 cm³/mol. The second-order valence-electron chi connectivity index (χ2n) is 7.67. The maximum absolute atomic E-state index is 12.7. The number of esters is 1. The lowest BCUT2D eigenvalue weighted by Crippen LogP contribution is -2.43. The standard InChI is InChI=1S/C20H25N3O5S/c1-11(2)8-23-17(21)16(18(25)22(3)20(23)27)14(24)9-28-19(26)13-10-29-15-7-5-4-6-12(13)15/h10-11H,4-9,21H2,1-3H3. The van der Waals surface area contributed by atoms with Gasteiger partial charge in [-0.1, -0.05) is 13.8 Å². The molecule has 0 aliphatic heterocycles. The number of hydrogen-bond acceptors (Lipinski definition) is 7. The monoisotopic (exact) mass is 419 g/mol. The first-order valence-corrected chi connectivity index (χ1v) is 10.5. The first-order valence-electron chi connectivity index (χ1n) is 9.61. The van der Waals surface area contributed by atoms with Crippen LogP contribution in [0.1, 0.15) is 57.8 Å². The van der Waals surface area contributed by atoms with Crippen LogP contribution in [-0.2, 0) is 31.2 Å². The molecule has 8 nitrogen and oxygen atoms in total. The predicted octanol–water partition coefficient (Wildman–Crippen LogP) is 1.77. The van der Waals surface area contributed by atoms with Gasteiger partial charge in [-0.2, -0.15) is 0 Å². The molecule has 2 aromatic heterocycles. The number of anilines is 1. The fourth-order valence-corrected chi connectivity index (χ4v) is 4.65. The lowest BCUT2D eigenvalue weighted by Gasteiger charge is -2.16. The molecule has 0 spiro atoms. The van der Waals surface area contributed by atoms with Crippen molar-refractivity contribution in [3.05, 3.63) is 47.8 Å². The zero-order chi connectivity index (χ0) is 21.3. The van der Waals surface area contributed by atoms with Crippen molar-refractivity contribution in [1.29, 1.82) is 0 Å². The molecule has 0 aromatic carbocycles. The molecule has 0 fully saturated rings. The minimum atomic E-state index is -0.790. The van der Waals surface area contributed by atoms with Crippen LogP contribution in [0.3, 0.4) is 0 Å². The zero-order valence-electron chi connectivity index (χ0n) is 16.8. The molecule has 0 saturated carbocycles. The van der Waals surface area contributed by atoms with Crippen molar-refractivity contribution in [3.8, 4) is 0 Å². The average Bonchev–Trinajstić information content (AvgIpc) is 3.12. The summed E-state index contributed by atoms with van der Waals surface area (Å²) in [5.74, 6) is -1.42. The van der Waals surface area contributed by atoms with Gasteiger partial charge in [-0.25, -0.2) is 9.59 Å². The number of carbonyl (C=O) groups is 2. The molecule has 2 N–H and O–H groups in total. The van der Waals surface area contributed by atoms with Crippen molar-refractivity contribution in [2.45, 2.75) is 46.1 Å². The van der Waals surface area contributed by atoms with Gasteiger partial charge in [0.25, 0.3) is 5.56 Å². The summed E-state index contributed by atoms with van der Waals surface area (Å²) in [6.07, 6.45) is 3.91. The Labute approximate surface area is 171 Å². The number of fused-ring (bicyclic) bond motifs is 1. The molecule has 9 heteroatoms. The van der Waals surface area contributed by atoms with E-state index >= 15 is 0 Å². The molecular weight excluding hydrogens is 394 g/mol. The maximum atomic E-state index is 12.7. The van der Waals surface area contributed by atoms with Crippen LogP contribution in [0.15, 0.2) is 15.0 Å². The van der Waals surface area contributed by atoms with Crippen molar-refractivity contribution in [3.63, 3.8) is 0 Å². The van der Waals surface area contributed by atoms with Crippen LogP contribution in [0.25, 0.3) is 0 Å². The molecule has 0 radical (unpaired) electrons. The Hall–Kier alpha value is -2.68. The minimum absolute atomic E-state index is 0.0815. The third-order valence-electron chi connectivity index (χ3n) is 5.03. The SMILES string of the molecule is CC(C)Cn1c(N)c(C(=O)COC(=O)c2csc3c2CCCC3)c(=O)n(C)c1=O. The van der Waals surface area contributed by atoms with Crippen molar-refractivity contribution < 1.29 is 14.3 Å². The van der Waals surface area contributed by atoms with E-state index in [-0.39, 0.29) is 23.8 Å². The highest BCUT2D eigenvalue weighted by Crippen LogP contribution is 2.30. The summed E-state index contributed by atoms with van der Waals surface area (Å²) in [7, 11) is 1.29. The maximum Gasteiger partial charge on any atom is 0.339 e. The van der Waals surface area contributed by atoms with Gasteiger partial charge >= 0.3 is 11.7 Å². The summed E-state index contributed by atoms with van der Waals surface area (Å²) < 4.78 is 7.25. The highest BCUT2D eigenvalue weighted by Gasteiger charge is 2.25. The summed E-state index contributed by atoms with van der Waals surface area (Å²) in [4.78, 5) is 51.1. The summed E-state index contributed by atoms with van der Waals surface area (Å²) in [6, 6.07) is 0. The van der Waals surface area contributed by atoms with Crippen LogP contribution >= 0.6 is 11.3 Å². The van der Waals surface area contributed by atoms with Crippen LogP contribution < -0.4 is 17.0 Å². The molecule has 0 atom stereocenters. The molecular formula is C20H25N3O5S. The number of ketones is 1. The molecule has 0 bridgehead atoms. The average molecular weight is 420 g/mol. The van der Waals surface area contributed by atoms with E-state index in [4.69, 9.17) is 10.5 Å². The first kappa shape index (κ1) is 21.0. The van der Waals surface area contributed by atoms with E-state index in [0.717, 1.165) is 35.8 Å². The lowest BCUT2D eigenvalue weighted by atomic mass is 9.96. The number of hydrogen-bond donors (Lipinski definition) is 1. The summed E-state index contributed by atoms with van der Waals surface area (Å²) in [5.41, 5.74) is 5.77. The number of rotatable bonds is 6. The van der Waals surface area contributed by atoms with Gasteiger partial charge in [-0.15, -0.1) is 11.3 Å². The quantitative estimate of drug-likeness (QED) is 0.564. The van der Waals surface area contributed by atoms with E-state index in [0.29, 0.717) is 5.56 Å². The number of carbonyl (C=O) groups excluding carboxylic acids is 2. The van der Waals surface area contributed by atoms with Crippen molar-refractivity contribution in [2.24, 2.45) is 13.0 Å². The minimum Gasteiger partial charge on any atom is -0.454 e. The molecule has 0 unspecified atom stereocenters. The van der Waals surface area contributed by atoms with Gasteiger partial charge in [0.05, 0.1) is 5.56 Å². The third-order valence-corrected chi connectivity index (χ3v) is 6.11. The third kappa shape index (κ3) is 4.05. The normalized spacial score (nSPS) is 13.4. The number of thiophene rings is 1. The molecule has 1 aliphatic carbocycles. The van der Waals surface area contributed by atoms with E-state index in [1.165, 1.54) is 27.8 Å². The van der Waals surface area contributed by atoms with E-state index in [9.17, 15) is 19.2 Å². The van der Waals surface area contributed by atoms with Gasteiger partial charge in [0.15, 0.2) is 6.61 Å². The molecule has 2 aromatic rings. The Morgan fingerprint density at radius 2 is 1.93 bits per heavy atom. The Balaban J connectivity index is 1.83. The van der Waals surface area contributed by atoms with Crippen molar-refractivity contribution in [1.82, 2.24) is 9.13 Å². The van der Waals surface area contributed by atoms with Crippen LogP contribution in [0.5, 0.6) is 0 Å². The van der Waals surface area contributed by atoms with Gasteiger partial charge in [-0.3, -0.25) is 18.7 Å². The van der Waals surface area contributed by atoms with E-state index in [2.05, 4.69) is 0 Å². The molecule has 29 heavy (non-hydrogen) atoms. The summed E-state index contributed by atoms with van der Waals surface area (Å²) >= 11 is 1.53. The fraction of sp³-hybridized carbons (Fsp3) is 0.500. The Morgan fingerprint density at radius 1 is 1.24 bits per heavy atom. The van der Waals surface area contributed by atoms with Crippen molar-refractivity contribution >= 4 is 28.9 Å². The number of ether oxygens (including phenoxy) is 1. The molecule has 1 aliphatic rings. The summed E-state index contributed by atoms with van der Waals surface area (Å²) in [5, 5.41) is 1.76. The Bertz CT molecular complexity index is 1080. The van der Waals surface area contributed by atoms with Crippen LogP contribution in [0.4, 0.5) is 5.82 Å². The number of nitrogens with zero attached hydrogens (tertiary/aromatic N) is 2. The van der Waals surface area contributed by atoms with E-state index < -0.39 is 29.6 Å². The second kappa shape index (κ2) is 8.36.